The zero-order valence-electron chi connectivity index (χ0n) is 21.1. The molecule has 11 nitrogen and oxygen atoms in total. The molecule has 0 fully saturated rings. The van der Waals surface area contributed by atoms with Gasteiger partial charge in [-0.05, 0) is 38.8 Å². The lowest BCUT2D eigenvalue weighted by molar-refractivity contribution is 0.0723. The molecule has 3 aromatic rings. The monoisotopic (exact) mass is 514 g/mol. The van der Waals surface area contributed by atoms with E-state index in [2.05, 4.69) is 15.4 Å². The number of nitrogens with zero attached hydrogens (tertiary/aromatic N) is 4. The van der Waals surface area contributed by atoms with E-state index in [9.17, 15) is 13.2 Å². The van der Waals surface area contributed by atoms with E-state index in [-0.39, 0.29) is 23.4 Å². The van der Waals surface area contributed by atoms with Crippen LogP contribution >= 0.6 is 0 Å². The number of carbonyl (C=O) groups excluding carboxylic acids is 1. The van der Waals surface area contributed by atoms with Crippen molar-refractivity contribution < 1.29 is 13.2 Å². The van der Waals surface area contributed by atoms with Gasteiger partial charge in [-0.3, -0.25) is 9.52 Å². The number of hydrogen-bond donors (Lipinski definition) is 4. The van der Waals surface area contributed by atoms with Crippen LogP contribution in [0.1, 0.15) is 53.0 Å². The third-order valence-electron chi connectivity index (χ3n) is 6.36. The molecule has 1 atom stereocenters. The SMILES string of the molecule is CCC1c2cc3nc(NCCN)c(C)c(n3n2)NCCCS(=O)(=O)Nc2ccc(C)cc2C(=O)N1C. The van der Waals surface area contributed by atoms with Gasteiger partial charge < -0.3 is 21.3 Å². The van der Waals surface area contributed by atoms with Crippen LogP contribution in [0.3, 0.4) is 0 Å². The summed E-state index contributed by atoms with van der Waals surface area (Å²) >= 11 is 0. The molecule has 36 heavy (non-hydrogen) atoms. The summed E-state index contributed by atoms with van der Waals surface area (Å²) in [6.45, 7) is 7.20. The van der Waals surface area contributed by atoms with Crippen molar-refractivity contribution in [2.45, 2.75) is 39.7 Å². The highest BCUT2D eigenvalue weighted by Crippen LogP contribution is 2.30. The number of nitrogens with two attached hydrogens (primary N) is 1. The Morgan fingerprint density at radius 2 is 2.03 bits per heavy atom. The van der Waals surface area contributed by atoms with Gasteiger partial charge in [-0.1, -0.05) is 18.6 Å². The molecule has 3 heterocycles. The summed E-state index contributed by atoms with van der Waals surface area (Å²) in [5.41, 5.74) is 9.28. The lowest BCUT2D eigenvalue weighted by Crippen LogP contribution is -2.32. The maximum absolute atomic E-state index is 13.7. The Bertz CT molecular complexity index is 1390. The number of amides is 1. The molecular weight excluding hydrogens is 480 g/mol. The summed E-state index contributed by atoms with van der Waals surface area (Å²) in [4.78, 5) is 20.0. The Morgan fingerprint density at radius 3 is 2.75 bits per heavy atom. The van der Waals surface area contributed by atoms with E-state index in [0.29, 0.717) is 61.0 Å². The number of fused-ring (bicyclic) bond motifs is 2. The van der Waals surface area contributed by atoms with E-state index >= 15 is 0 Å². The summed E-state index contributed by atoms with van der Waals surface area (Å²) < 4.78 is 30.1. The molecule has 4 rings (SSSR count). The maximum Gasteiger partial charge on any atom is 0.256 e. The maximum atomic E-state index is 13.7. The molecule has 2 aromatic heterocycles. The Labute approximate surface area is 211 Å². The van der Waals surface area contributed by atoms with Crippen molar-refractivity contribution in [1.82, 2.24) is 19.5 Å². The molecule has 5 N–H and O–H groups in total. The van der Waals surface area contributed by atoms with Crippen molar-refractivity contribution >= 4 is 38.9 Å². The van der Waals surface area contributed by atoms with Crippen LogP contribution in [0.5, 0.6) is 0 Å². The van der Waals surface area contributed by atoms with Gasteiger partial charge in [0.1, 0.15) is 11.6 Å². The molecule has 0 saturated carbocycles. The minimum Gasteiger partial charge on any atom is -0.370 e. The number of benzene rings is 1. The van der Waals surface area contributed by atoms with Crippen LogP contribution in [-0.4, -0.2) is 66.3 Å². The number of rotatable bonds is 4. The second kappa shape index (κ2) is 10.3. The van der Waals surface area contributed by atoms with Crippen molar-refractivity contribution in [3.63, 3.8) is 0 Å². The smallest absolute Gasteiger partial charge is 0.256 e. The van der Waals surface area contributed by atoms with Crippen LogP contribution < -0.4 is 21.1 Å². The highest BCUT2D eigenvalue weighted by atomic mass is 32.2. The Balaban J connectivity index is 1.87. The molecule has 0 spiro atoms. The summed E-state index contributed by atoms with van der Waals surface area (Å²) in [7, 11) is -1.96. The minimum atomic E-state index is -3.67. The van der Waals surface area contributed by atoms with Gasteiger partial charge in [0.15, 0.2) is 5.65 Å². The first-order valence-corrected chi connectivity index (χ1v) is 13.8. The zero-order valence-corrected chi connectivity index (χ0v) is 21.9. The number of hydrogen-bond acceptors (Lipinski definition) is 8. The average molecular weight is 515 g/mol. The van der Waals surface area contributed by atoms with Gasteiger partial charge in [-0.25, -0.2) is 13.4 Å². The third-order valence-corrected chi connectivity index (χ3v) is 7.72. The molecule has 0 radical (unpaired) electrons. The quantitative estimate of drug-likeness (QED) is 0.415. The molecule has 0 saturated heterocycles. The van der Waals surface area contributed by atoms with E-state index in [1.54, 1.807) is 34.7 Å². The molecule has 2 bridgehead atoms. The predicted octanol–water partition coefficient (Wildman–Crippen LogP) is 2.50. The van der Waals surface area contributed by atoms with Gasteiger partial charge in [0.2, 0.25) is 10.0 Å². The molecule has 1 aliphatic heterocycles. The second-order valence-corrected chi connectivity index (χ2v) is 10.9. The van der Waals surface area contributed by atoms with Gasteiger partial charge in [-0.2, -0.15) is 9.61 Å². The van der Waals surface area contributed by atoms with Gasteiger partial charge >= 0.3 is 0 Å². The highest BCUT2D eigenvalue weighted by Gasteiger charge is 2.28. The molecule has 1 aromatic carbocycles. The van der Waals surface area contributed by atoms with Crippen molar-refractivity contribution in [2.75, 3.05) is 47.8 Å². The second-order valence-electron chi connectivity index (χ2n) is 9.08. The lowest BCUT2D eigenvalue weighted by Gasteiger charge is -2.27. The van der Waals surface area contributed by atoms with Gasteiger partial charge in [0.25, 0.3) is 5.91 Å². The molecular formula is C24H34N8O3S. The van der Waals surface area contributed by atoms with Crippen molar-refractivity contribution in [1.29, 1.82) is 0 Å². The van der Waals surface area contributed by atoms with Gasteiger partial charge in [-0.15, -0.1) is 0 Å². The Kier molecular flexibility index (Phi) is 7.36. The van der Waals surface area contributed by atoms with Crippen molar-refractivity contribution in [2.24, 2.45) is 5.73 Å². The molecule has 12 heteroatoms. The number of anilines is 3. The van der Waals surface area contributed by atoms with Gasteiger partial charge in [0, 0.05) is 38.3 Å². The minimum absolute atomic E-state index is 0.106. The third kappa shape index (κ3) is 5.09. The fraction of sp³-hybridized carbons (Fsp3) is 0.458. The Morgan fingerprint density at radius 1 is 1.25 bits per heavy atom. The summed E-state index contributed by atoms with van der Waals surface area (Å²) in [5.74, 6) is 1.00. The fourth-order valence-corrected chi connectivity index (χ4v) is 5.60. The van der Waals surface area contributed by atoms with Crippen LogP contribution in [0.25, 0.3) is 5.65 Å². The molecule has 194 valence electrons. The first kappa shape index (κ1) is 25.7. The predicted molar refractivity (Wildman–Crippen MR) is 142 cm³/mol. The van der Waals surface area contributed by atoms with Crippen LogP contribution in [0.15, 0.2) is 24.3 Å². The van der Waals surface area contributed by atoms with E-state index < -0.39 is 10.0 Å². The van der Waals surface area contributed by atoms with Crippen molar-refractivity contribution in [3.05, 3.63) is 46.6 Å². The standard InChI is InChI=1S/C24H34N8O3S/c1-5-20-19-14-21-28-22(26-11-9-25)16(3)23(32(21)29-19)27-10-6-12-36(34,35)30-18-8-7-15(2)13-17(18)24(33)31(20)4/h7-8,13-14,20,27,30H,5-6,9-12,25H2,1-4H3,(H,26,28). The lowest BCUT2D eigenvalue weighted by atomic mass is 10.1. The van der Waals surface area contributed by atoms with Crippen LogP contribution in [0.4, 0.5) is 17.3 Å². The van der Waals surface area contributed by atoms with Crippen LogP contribution in [0, 0.1) is 13.8 Å². The number of nitrogens with one attached hydrogen (secondary N) is 3. The summed E-state index contributed by atoms with van der Waals surface area (Å²) in [6, 6.07) is 6.69. The molecule has 1 unspecified atom stereocenters. The average Bonchev–Trinajstić information content (AvgIpc) is 3.25. The Hall–Kier alpha value is -3.38. The first-order chi connectivity index (χ1) is 17.1. The summed E-state index contributed by atoms with van der Waals surface area (Å²) in [6.07, 6.45) is 0.962. The zero-order chi connectivity index (χ0) is 26.0. The molecule has 1 aliphatic rings. The highest BCUT2D eigenvalue weighted by molar-refractivity contribution is 7.92. The number of sulfonamides is 1. The number of carbonyl (C=O) groups is 1. The van der Waals surface area contributed by atoms with E-state index in [4.69, 9.17) is 15.8 Å². The van der Waals surface area contributed by atoms with Crippen LogP contribution in [-0.2, 0) is 10.0 Å². The van der Waals surface area contributed by atoms with E-state index in [0.717, 1.165) is 11.1 Å². The topological polar surface area (TPSA) is 147 Å². The van der Waals surface area contributed by atoms with Crippen molar-refractivity contribution in [3.8, 4) is 0 Å². The number of aryl methyl sites for hydroxylation is 1. The van der Waals surface area contributed by atoms with E-state index in [1.165, 1.54) is 0 Å². The largest absolute Gasteiger partial charge is 0.370 e. The normalized spacial score (nSPS) is 18.2. The number of aromatic nitrogens is 3. The van der Waals surface area contributed by atoms with Gasteiger partial charge in [0.05, 0.1) is 28.7 Å². The van der Waals surface area contributed by atoms with Crippen LogP contribution in [0.2, 0.25) is 0 Å². The first-order valence-electron chi connectivity index (χ1n) is 12.1. The molecule has 0 aliphatic carbocycles. The molecule has 1 amide bonds. The van der Waals surface area contributed by atoms with E-state index in [1.807, 2.05) is 26.8 Å². The summed E-state index contributed by atoms with van der Waals surface area (Å²) in [5, 5.41) is 11.4. The fourth-order valence-electron chi connectivity index (χ4n) is 4.46.